The molecule has 0 saturated heterocycles. The quantitative estimate of drug-likeness (QED) is 0.0972. The van der Waals surface area contributed by atoms with E-state index in [2.05, 4.69) is 255 Å². The molecular formula is C58H44N2Si2. The van der Waals surface area contributed by atoms with Gasteiger partial charge < -0.3 is 0 Å². The van der Waals surface area contributed by atoms with Crippen molar-refractivity contribution in [1.29, 1.82) is 0 Å². The molecule has 2 aromatic heterocycles. The van der Waals surface area contributed by atoms with Crippen molar-refractivity contribution in [1.82, 2.24) is 9.97 Å². The van der Waals surface area contributed by atoms with Gasteiger partial charge in [-0.05, 0) is 88.0 Å². The van der Waals surface area contributed by atoms with Crippen molar-refractivity contribution in [2.75, 3.05) is 0 Å². The summed E-state index contributed by atoms with van der Waals surface area (Å²) in [4.78, 5) is 9.69. The second-order valence-corrected chi connectivity index (χ2v) is 23.3. The molecule has 2 nitrogen and oxygen atoms in total. The summed E-state index contributed by atoms with van der Waals surface area (Å²) in [7, 11) is -5.23. The fourth-order valence-electron chi connectivity index (χ4n) is 9.45. The first-order valence-electron chi connectivity index (χ1n) is 21.2. The Balaban J connectivity index is 0.996. The van der Waals surface area contributed by atoms with E-state index in [9.17, 15) is 0 Å². The van der Waals surface area contributed by atoms with Crippen LogP contribution in [0.25, 0.3) is 33.6 Å². The normalized spacial score (nSPS) is 11.5. The maximum atomic E-state index is 4.84. The molecule has 0 radical (unpaired) electrons. The minimum Gasteiger partial charge on any atom is -0.255 e. The Bertz CT molecular complexity index is 2610. The fourth-order valence-corrected chi connectivity index (χ4v) is 18.9. The highest BCUT2D eigenvalue weighted by Gasteiger charge is 2.42. The zero-order chi connectivity index (χ0) is 41.6. The van der Waals surface area contributed by atoms with Crippen LogP contribution in [0.5, 0.6) is 0 Å². The van der Waals surface area contributed by atoms with Crippen LogP contribution in [-0.2, 0) is 0 Å². The first-order chi connectivity index (χ1) is 30.7. The van der Waals surface area contributed by atoms with Crippen molar-refractivity contribution in [2.24, 2.45) is 0 Å². The molecule has 0 fully saturated rings. The molecule has 0 aliphatic heterocycles. The maximum absolute atomic E-state index is 4.84. The van der Waals surface area contributed by atoms with Gasteiger partial charge in [-0.25, -0.2) is 0 Å². The van der Waals surface area contributed by atoms with Crippen LogP contribution in [-0.4, -0.2) is 26.1 Å². The predicted molar refractivity (Wildman–Crippen MR) is 266 cm³/mol. The van der Waals surface area contributed by atoms with Crippen molar-refractivity contribution < 1.29 is 0 Å². The molecule has 8 aromatic carbocycles. The van der Waals surface area contributed by atoms with Crippen LogP contribution in [0.15, 0.2) is 267 Å². The number of pyridine rings is 2. The van der Waals surface area contributed by atoms with E-state index in [4.69, 9.17) is 9.97 Å². The van der Waals surface area contributed by atoms with E-state index < -0.39 is 16.1 Å². The number of aromatic nitrogens is 2. The van der Waals surface area contributed by atoms with Crippen LogP contribution in [0.4, 0.5) is 0 Å². The van der Waals surface area contributed by atoms with Crippen LogP contribution < -0.4 is 41.5 Å². The van der Waals surface area contributed by atoms with Crippen molar-refractivity contribution >= 4 is 57.6 Å². The summed E-state index contributed by atoms with van der Waals surface area (Å²) in [6, 6.07) is 93.4. The van der Waals surface area contributed by atoms with Gasteiger partial charge >= 0.3 is 0 Å². The third-order valence-electron chi connectivity index (χ3n) is 12.3. The lowest BCUT2D eigenvalue weighted by molar-refractivity contribution is 1.25. The molecule has 10 aromatic rings. The molecule has 2 heterocycles. The van der Waals surface area contributed by atoms with Gasteiger partial charge in [0.25, 0.3) is 0 Å². The fraction of sp³-hybridized carbons (Fsp3) is 0. The second-order valence-electron chi connectivity index (χ2n) is 15.7. The van der Waals surface area contributed by atoms with Gasteiger partial charge in [0.1, 0.15) is 0 Å². The average molecular weight is 825 g/mol. The average Bonchev–Trinajstić information content (AvgIpc) is 3.37. The zero-order valence-electron chi connectivity index (χ0n) is 34.3. The molecule has 0 aliphatic rings. The molecule has 0 saturated carbocycles. The predicted octanol–water partition coefficient (Wildman–Crippen LogP) is 8.23. The molecule has 0 bridgehead atoms. The molecule has 62 heavy (non-hydrogen) atoms. The van der Waals surface area contributed by atoms with Gasteiger partial charge in [-0.2, -0.15) is 0 Å². The lowest BCUT2D eigenvalue weighted by Crippen LogP contribution is -2.74. The van der Waals surface area contributed by atoms with E-state index in [1.807, 2.05) is 12.4 Å². The van der Waals surface area contributed by atoms with Gasteiger partial charge in [0.2, 0.25) is 0 Å². The second kappa shape index (κ2) is 17.2. The number of hydrogen-bond acceptors (Lipinski definition) is 2. The van der Waals surface area contributed by atoms with Crippen LogP contribution in [0.2, 0.25) is 0 Å². The summed E-state index contributed by atoms with van der Waals surface area (Å²) >= 11 is 0. The first kappa shape index (κ1) is 38.7. The lowest BCUT2D eigenvalue weighted by atomic mass is 10.0. The number of hydrogen-bond donors (Lipinski definition) is 0. The third kappa shape index (κ3) is 7.05. The van der Waals surface area contributed by atoms with Crippen molar-refractivity contribution in [3.8, 4) is 33.6 Å². The minimum absolute atomic E-state index is 0.843. The van der Waals surface area contributed by atoms with Gasteiger partial charge in [0.15, 0.2) is 16.1 Å². The maximum Gasteiger partial charge on any atom is 0.179 e. The molecule has 10 rings (SSSR count). The summed E-state index contributed by atoms with van der Waals surface area (Å²) in [6.07, 6.45) is 3.80. The van der Waals surface area contributed by atoms with Gasteiger partial charge in [-0.1, -0.05) is 231 Å². The van der Waals surface area contributed by atoms with Crippen LogP contribution in [0.1, 0.15) is 0 Å². The van der Waals surface area contributed by atoms with Crippen molar-refractivity contribution in [3.63, 3.8) is 0 Å². The summed E-state index contributed by atoms with van der Waals surface area (Å²) in [6.45, 7) is 0. The van der Waals surface area contributed by atoms with E-state index in [0.29, 0.717) is 0 Å². The number of nitrogens with zero attached hydrogens (tertiary/aromatic N) is 2. The molecule has 0 N–H and O–H groups in total. The Kier molecular flexibility index (Phi) is 10.7. The summed E-state index contributed by atoms with van der Waals surface area (Å²) < 4.78 is 0. The van der Waals surface area contributed by atoms with E-state index in [-0.39, 0.29) is 0 Å². The highest BCUT2D eigenvalue weighted by Crippen LogP contribution is 2.27. The molecule has 4 heteroatoms. The first-order valence-corrected chi connectivity index (χ1v) is 25.2. The van der Waals surface area contributed by atoms with E-state index in [1.54, 1.807) is 0 Å². The highest BCUT2D eigenvalue weighted by molar-refractivity contribution is 7.20. The summed E-state index contributed by atoms with van der Waals surface area (Å²) in [5, 5.41) is 10.9. The lowest BCUT2D eigenvalue weighted by Gasteiger charge is -2.34. The summed E-state index contributed by atoms with van der Waals surface area (Å²) in [5.41, 5.74) is 6.18. The number of benzene rings is 8. The van der Waals surface area contributed by atoms with Crippen LogP contribution in [0.3, 0.4) is 0 Å². The zero-order valence-corrected chi connectivity index (χ0v) is 36.3. The van der Waals surface area contributed by atoms with Gasteiger partial charge in [0, 0.05) is 12.4 Å². The van der Waals surface area contributed by atoms with E-state index >= 15 is 0 Å². The Morgan fingerprint density at radius 3 is 0.677 bits per heavy atom. The Morgan fingerprint density at radius 2 is 0.435 bits per heavy atom. The SMILES string of the molecule is c1ccc([Si](c2ccccc2)(c2ccccc2)c2ccc(-c3ccnc(-c4cc(-c5ccc([Si](c6ccccc6)(c6ccccc6)c6ccccc6)cc5)ccn4)c3)cc2)cc1. The van der Waals surface area contributed by atoms with Crippen molar-refractivity contribution in [2.45, 2.75) is 0 Å². The minimum atomic E-state index is -2.61. The van der Waals surface area contributed by atoms with Crippen molar-refractivity contribution in [3.05, 3.63) is 267 Å². The molecule has 0 aliphatic carbocycles. The monoisotopic (exact) mass is 824 g/mol. The Labute approximate surface area is 366 Å². The Morgan fingerprint density at radius 1 is 0.210 bits per heavy atom. The Hall–Kier alpha value is -7.51. The van der Waals surface area contributed by atoms with Crippen LogP contribution in [0, 0.1) is 0 Å². The van der Waals surface area contributed by atoms with E-state index in [1.165, 1.54) is 41.5 Å². The molecular weight excluding hydrogens is 781 g/mol. The largest absolute Gasteiger partial charge is 0.255 e. The summed E-state index contributed by atoms with van der Waals surface area (Å²) in [5.74, 6) is 0. The highest BCUT2D eigenvalue weighted by atomic mass is 28.3. The molecule has 0 spiro atoms. The van der Waals surface area contributed by atoms with Crippen LogP contribution >= 0.6 is 0 Å². The topological polar surface area (TPSA) is 25.8 Å². The third-order valence-corrected chi connectivity index (χ3v) is 21.9. The molecule has 0 atom stereocenters. The molecule has 0 amide bonds. The van der Waals surface area contributed by atoms with Gasteiger partial charge in [-0.3, -0.25) is 9.97 Å². The van der Waals surface area contributed by atoms with Gasteiger partial charge in [-0.15, -0.1) is 0 Å². The number of rotatable bonds is 11. The molecule has 294 valence electrons. The van der Waals surface area contributed by atoms with E-state index in [0.717, 1.165) is 33.6 Å². The molecule has 0 unspecified atom stereocenters. The smallest absolute Gasteiger partial charge is 0.179 e. The van der Waals surface area contributed by atoms with Gasteiger partial charge in [0.05, 0.1) is 11.4 Å². The standard InChI is InChI=1S/C58H44N2Si2/c1-7-19-49(20-8-1)61(50-21-9-2-10-22-50,51-23-11-3-12-24-51)55-35-31-45(32-36-55)47-39-41-59-57(43-47)58-44-48(40-42-60-58)46-33-37-56(38-34-46)62(52-25-13-4-14-26-52,53-27-15-5-16-28-53)54-29-17-6-18-30-54/h1-44H.